The highest BCUT2D eigenvalue weighted by molar-refractivity contribution is 5.52. The second-order valence-corrected chi connectivity index (χ2v) is 6.03. The molecule has 0 amide bonds. The molecular weight excluding hydrogens is 232 g/mol. The first-order chi connectivity index (χ1) is 9.14. The molecule has 0 atom stereocenters. The molecule has 0 aromatic heterocycles. The molecule has 1 aromatic rings. The smallest absolute Gasteiger partial charge is 0.0369 e. The van der Waals surface area contributed by atoms with Crippen molar-refractivity contribution < 1.29 is 0 Å². The van der Waals surface area contributed by atoms with Crippen molar-refractivity contribution in [2.45, 2.75) is 46.5 Å². The lowest BCUT2D eigenvalue weighted by Gasteiger charge is -2.27. The summed E-state index contributed by atoms with van der Waals surface area (Å²) >= 11 is 0. The quantitative estimate of drug-likeness (QED) is 0.878. The lowest BCUT2D eigenvalue weighted by molar-refractivity contribution is 0.301. The minimum atomic E-state index is 0.545. The molecule has 19 heavy (non-hydrogen) atoms. The van der Waals surface area contributed by atoms with Gasteiger partial charge in [-0.1, -0.05) is 19.9 Å². The first-order valence-corrected chi connectivity index (χ1v) is 7.68. The molecule has 0 spiro atoms. The first-order valence-electron chi connectivity index (χ1n) is 7.68. The Balaban J connectivity index is 2.13. The number of nitrogens with two attached hydrogens (primary N) is 1. The van der Waals surface area contributed by atoms with Crippen molar-refractivity contribution in [3.8, 4) is 0 Å². The van der Waals surface area contributed by atoms with Crippen molar-refractivity contribution in [2.75, 3.05) is 24.5 Å². The monoisotopic (exact) mass is 260 g/mol. The minimum Gasteiger partial charge on any atom is -0.371 e. The molecule has 1 saturated heterocycles. The third-order valence-corrected chi connectivity index (χ3v) is 5.04. The normalized spacial score (nSPS) is 18.0. The van der Waals surface area contributed by atoms with Gasteiger partial charge in [-0.2, -0.15) is 0 Å². The molecule has 1 aliphatic rings. The Hall–Kier alpha value is -1.02. The summed E-state index contributed by atoms with van der Waals surface area (Å²) in [6.07, 6.45) is 4.91. The molecular formula is C17H28N2. The van der Waals surface area contributed by atoms with Crippen molar-refractivity contribution in [1.82, 2.24) is 0 Å². The molecule has 0 saturated carbocycles. The van der Waals surface area contributed by atoms with Crippen LogP contribution >= 0.6 is 0 Å². The number of anilines is 1. The summed E-state index contributed by atoms with van der Waals surface area (Å²) in [6.45, 7) is 10.0. The third kappa shape index (κ3) is 2.94. The predicted octanol–water partition coefficient (Wildman–Crippen LogP) is 3.51. The molecule has 1 heterocycles. The first kappa shape index (κ1) is 14.4. The maximum Gasteiger partial charge on any atom is 0.0369 e. The van der Waals surface area contributed by atoms with Crippen LogP contribution in [0.2, 0.25) is 0 Å². The summed E-state index contributed by atoms with van der Waals surface area (Å²) in [7, 11) is 0. The van der Waals surface area contributed by atoms with Crippen molar-refractivity contribution in [3.63, 3.8) is 0 Å². The highest BCUT2D eigenvalue weighted by Gasteiger charge is 2.34. The molecule has 2 heteroatoms. The van der Waals surface area contributed by atoms with E-state index < -0.39 is 0 Å². The zero-order chi connectivity index (χ0) is 13.9. The molecule has 1 aromatic carbocycles. The highest BCUT2D eigenvalue weighted by Crippen LogP contribution is 2.39. The van der Waals surface area contributed by atoms with Gasteiger partial charge in [0.15, 0.2) is 0 Å². The van der Waals surface area contributed by atoms with E-state index in [1.807, 2.05) is 0 Å². The van der Waals surface area contributed by atoms with Gasteiger partial charge in [0.05, 0.1) is 0 Å². The molecule has 1 aliphatic heterocycles. The van der Waals surface area contributed by atoms with E-state index in [0.717, 1.165) is 13.0 Å². The minimum absolute atomic E-state index is 0.545. The maximum absolute atomic E-state index is 5.65. The van der Waals surface area contributed by atoms with E-state index in [1.165, 1.54) is 49.2 Å². The molecule has 0 unspecified atom stereocenters. The van der Waals surface area contributed by atoms with E-state index >= 15 is 0 Å². The fourth-order valence-corrected chi connectivity index (χ4v) is 3.30. The highest BCUT2D eigenvalue weighted by atomic mass is 15.2. The fourth-order valence-electron chi connectivity index (χ4n) is 3.30. The van der Waals surface area contributed by atoms with Crippen LogP contribution in [-0.4, -0.2) is 19.6 Å². The zero-order valence-electron chi connectivity index (χ0n) is 12.7. The van der Waals surface area contributed by atoms with Gasteiger partial charge in [0.25, 0.3) is 0 Å². The van der Waals surface area contributed by atoms with E-state index in [1.54, 1.807) is 0 Å². The van der Waals surface area contributed by atoms with Gasteiger partial charge in [-0.25, -0.2) is 0 Å². The van der Waals surface area contributed by atoms with Crippen LogP contribution in [0.1, 0.15) is 44.2 Å². The summed E-state index contributed by atoms with van der Waals surface area (Å²) in [5.41, 5.74) is 10.4. The van der Waals surface area contributed by atoms with E-state index in [0.29, 0.717) is 5.41 Å². The van der Waals surface area contributed by atoms with Gasteiger partial charge in [0, 0.05) is 18.8 Å². The zero-order valence-corrected chi connectivity index (χ0v) is 12.7. The Morgan fingerprint density at radius 2 is 2.00 bits per heavy atom. The summed E-state index contributed by atoms with van der Waals surface area (Å²) in [6, 6.07) is 6.88. The molecule has 2 rings (SSSR count). The topological polar surface area (TPSA) is 29.3 Å². The third-order valence-electron chi connectivity index (χ3n) is 5.04. The largest absolute Gasteiger partial charge is 0.371 e. The molecule has 0 aliphatic carbocycles. The van der Waals surface area contributed by atoms with Crippen molar-refractivity contribution in [1.29, 1.82) is 0 Å². The molecule has 2 N–H and O–H groups in total. The van der Waals surface area contributed by atoms with E-state index in [-0.39, 0.29) is 0 Å². The summed E-state index contributed by atoms with van der Waals surface area (Å²) in [5, 5.41) is 0. The average molecular weight is 260 g/mol. The van der Waals surface area contributed by atoms with Crippen LogP contribution in [0.5, 0.6) is 0 Å². The number of benzene rings is 1. The van der Waals surface area contributed by atoms with E-state index in [4.69, 9.17) is 5.73 Å². The van der Waals surface area contributed by atoms with Crippen LogP contribution in [-0.2, 0) is 6.42 Å². The predicted molar refractivity (Wildman–Crippen MR) is 83.8 cm³/mol. The second kappa shape index (κ2) is 5.96. The van der Waals surface area contributed by atoms with Crippen molar-refractivity contribution in [2.24, 2.45) is 11.1 Å². The summed E-state index contributed by atoms with van der Waals surface area (Å²) in [4.78, 5) is 2.56. The van der Waals surface area contributed by atoms with Gasteiger partial charge in [0.1, 0.15) is 0 Å². The van der Waals surface area contributed by atoms with Crippen LogP contribution in [0.15, 0.2) is 18.2 Å². The summed E-state index contributed by atoms with van der Waals surface area (Å²) in [5.74, 6) is 0. The Kier molecular flexibility index (Phi) is 4.51. The van der Waals surface area contributed by atoms with Crippen LogP contribution < -0.4 is 10.6 Å². The van der Waals surface area contributed by atoms with E-state index in [2.05, 4.69) is 43.9 Å². The Bertz CT molecular complexity index is 421. The number of hydrogen-bond acceptors (Lipinski definition) is 2. The number of rotatable bonds is 5. The van der Waals surface area contributed by atoms with Gasteiger partial charge in [-0.15, -0.1) is 0 Å². The SMILES string of the molecule is CCC1(CC)CCN(c2ccc(CCN)c(C)c2)C1. The Labute approximate surface area is 118 Å². The van der Waals surface area contributed by atoms with Crippen LogP contribution in [0.4, 0.5) is 5.69 Å². The molecule has 0 radical (unpaired) electrons. The van der Waals surface area contributed by atoms with Crippen molar-refractivity contribution in [3.05, 3.63) is 29.3 Å². The van der Waals surface area contributed by atoms with Gasteiger partial charge >= 0.3 is 0 Å². The van der Waals surface area contributed by atoms with Gasteiger partial charge in [0.2, 0.25) is 0 Å². The van der Waals surface area contributed by atoms with Crippen LogP contribution in [0.3, 0.4) is 0 Å². The van der Waals surface area contributed by atoms with Gasteiger partial charge < -0.3 is 10.6 Å². The second-order valence-electron chi connectivity index (χ2n) is 6.03. The molecule has 2 nitrogen and oxygen atoms in total. The number of hydrogen-bond donors (Lipinski definition) is 1. The lowest BCUT2D eigenvalue weighted by Crippen LogP contribution is -2.26. The van der Waals surface area contributed by atoms with Crippen LogP contribution in [0, 0.1) is 12.3 Å². The lowest BCUT2D eigenvalue weighted by atomic mass is 9.82. The Morgan fingerprint density at radius 3 is 2.53 bits per heavy atom. The molecule has 106 valence electrons. The molecule has 1 fully saturated rings. The Morgan fingerprint density at radius 1 is 1.26 bits per heavy atom. The van der Waals surface area contributed by atoms with Gasteiger partial charge in [-0.05, 0) is 67.8 Å². The van der Waals surface area contributed by atoms with Crippen LogP contribution in [0.25, 0.3) is 0 Å². The summed E-state index contributed by atoms with van der Waals surface area (Å²) < 4.78 is 0. The average Bonchev–Trinajstić information content (AvgIpc) is 2.86. The standard InChI is InChI=1S/C17H28N2/c1-4-17(5-2)9-11-19(13-17)16-7-6-15(8-10-18)14(3)12-16/h6-7,12H,4-5,8-11,13,18H2,1-3H3. The fraction of sp³-hybridized carbons (Fsp3) is 0.647. The number of aryl methyl sites for hydroxylation is 1. The maximum atomic E-state index is 5.65. The number of nitrogens with zero attached hydrogens (tertiary/aromatic N) is 1. The van der Waals surface area contributed by atoms with Crippen molar-refractivity contribution >= 4 is 5.69 Å². The molecule has 0 bridgehead atoms. The van der Waals surface area contributed by atoms with E-state index in [9.17, 15) is 0 Å². The van der Waals surface area contributed by atoms with Gasteiger partial charge in [-0.3, -0.25) is 0 Å².